The van der Waals surface area contributed by atoms with Crippen molar-refractivity contribution >= 4 is 20.0 Å². The first-order chi connectivity index (χ1) is 8.95. The zero-order chi connectivity index (χ0) is 13.8. The van der Waals surface area contributed by atoms with Crippen molar-refractivity contribution in [1.29, 1.82) is 0 Å². The van der Waals surface area contributed by atoms with E-state index >= 15 is 0 Å². The Labute approximate surface area is 117 Å². The Balaban J connectivity index is 2.35. The molecule has 19 heavy (non-hydrogen) atoms. The van der Waals surface area contributed by atoms with Gasteiger partial charge >= 0.3 is 0 Å². The lowest BCUT2D eigenvalue weighted by atomic mass is 9.76. The van der Waals surface area contributed by atoms with Crippen molar-refractivity contribution in [3.63, 3.8) is 0 Å². The maximum atomic E-state index is 5.51. The molecule has 3 rings (SSSR count). The molecule has 1 aliphatic rings. The van der Waals surface area contributed by atoms with Crippen LogP contribution in [0.4, 0.5) is 0 Å². The SMILES string of the molecule is COc1ccc2c3c(cccc13)C(P)C2C(C)(C)C. The molecule has 0 amide bonds. The lowest BCUT2D eigenvalue weighted by Crippen LogP contribution is -2.19. The Kier molecular flexibility index (Phi) is 2.87. The van der Waals surface area contributed by atoms with Crippen LogP contribution in [-0.4, -0.2) is 7.11 Å². The predicted octanol–water partition coefficient (Wildman–Crippen LogP) is 4.91. The summed E-state index contributed by atoms with van der Waals surface area (Å²) in [5.41, 5.74) is 3.66. The Hall–Kier alpha value is -1.07. The minimum atomic E-state index is 0.257. The van der Waals surface area contributed by atoms with Gasteiger partial charge in [0.2, 0.25) is 0 Å². The summed E-state index contributed by atoms with van der Waals surface area (Å²) in [6.07, 6.45) is 0. The second-order valence-corrected chi connectivity index (χ2v) is 7.21. The molecule has 0 aliphatic heterocycles. The Morgan fingerprint density at radius 1 is 1.05 bits per heavy atom. The van der Waals surface area contributed by atoms with Gasteiger partial charge in [0.05, 0.1) is 7.11 Å². The molecule has 0 saturated carbocycles. The van der Waals surface area contributed by atoms with Crippen LogP contribution in [0.15, 0.2) is 30.3 Å². The summed E-state index contributed by atoms with van der Waals surface area (Å²) < 4.78 is 5.51. The maximum Gasteiger partial charge on any atom is 0.126 e. The van der Waals surface area contributed by atoms with Crippen LogP contribution >= 0.6 is 9.24 Å². The Bertz CT molecular complexity index is 639. The summed E-state index contributed by atoms with van der Waals surface area (Å²) in [4.78, 5) is 0. The first-order valence-electron chi connectivity index (χ1n) is 6.80. The average molecular weight is 272 g/mol. The van der Waals surface area contributed by atoms with E-state index in [0.29, 0.717) is 11.6 Å². The highest BCUT2D eigenvalue weighted by Crippen LogP contribution is 2.57. The first kappa shape index (κ1) is 12.9. The van der Waals surface area contributed by atoms with E-state index in [9.17, 15) is 0 Å². The van der Waals surface area contributed by atoms with Gasteiger partial charge in [-0.3, -0.25) is 0 Å². The van der Waals surface area contributed by atoms with Gasteiger partial charge in [-0.15, -0.1) is 9.24 Å². The van der Waals surface area contributed by atoms with Crippen molar-refractivity contribution in [2.75, 3.05) is 7.11 Å². The molecule has 0 N–H and O–H groups in total. The molecule has 3 unspecified atom stereocenters. The van der Waals surface area contributed by atoms with Gasteiger partial charge < -0.3 is 4.74 Å². The molecule has 0 bridgehead atoms. The van der Waals surface area contributed by atoms with E-state index in [-0.39, 0.29) is 5.41 Å². The third-order valence-electron chi connectivity index (χ3n) is 4.27. The van der Waals surface area contributed by atoms with E-state index in [1.165, 1.54) is 21.9 Å². The van der Waals surface area contributed by atoms with E-state index in [2.05, 4.69) is 60.3 Å². The molecule has 3 atom stereocenters. The van der Waals surface area contributed by atoms with Crippen LogP contribution in [-0.2, 0) is 0 Å². The van der Waals surface area contributed by atoms with Gasteiger partial charge in [-0.1, -0.05) is 45.0 Å². The molecule has 0 radical (unpaired) electrons. The molecule has 2 heteroatoms. The highest BCUT2D eigenvalue weighted by atomic mass is 31.0. The number of hydrogen-bond acceptors (Lipinski definition) is 1. The largest absolute Gasteiger partial charge is 0.496 e. The van der Waals surface area contributed by atoms with Crippen LogP contribution in [0.25, 0.3) is 10.8 Å². The minimum Gasteiger partial charge on any atom is -0.496 e. The van der Waals surface area contributed by atoms with E-state index < -0.39 is 0 Å². The molecular formula is C17H21OP. The smallest absolute Gasteiger partial charge is 0.126 e. The van der Waals surface area contributed by atoms with Crippen LogP contribution in [0.3, 0.4) is 0 Å². The summed E-state index contributed by atoms with van der Waals surface area (Å²) in [7, 11) is 4.80. The van der Waals surface area contributed by atoms with Crippen LogP contribution in [0.2, 0.25) is 0 Å². The van der Waals surface area contributed by atoms with Crippen molar-refractivity contribution in [2.45, 2.75) is 32.3 Å². The predicted molar refractivity (Wildman–Crippen MR) is 85.1 cm³/mol. The molecule has 0 heterocycles. The number of rotatable bonds is 1. The second-order valence-electron chi connectivity index (χ2n) is 6.50. The molecule has 0 fully saturated rings. The number of benzene rings is 2. The highest BCUT2D eigenvalue weighted by molar-refractivity contribution is 7.17. The Morgan fingerprint density at radius 2 is 1.79 bits per heavy atom. The fourth-order valence-electron chi connectivity index (χ4n) is 3.53. The van der Waals surface area contributed by atoms with Gasteiger partial charge in [-0.25, -0.2) is 0 Å². The normalized spacial score (nSPS) is 21.9. The number of methoxy groups -OCH3 is 1. The highest BCUT2D eigenvalue weighted by Gasteiger charge is 2.39. The molecule has 1 nitrogen and oxygen atoms in total. The van der Waals surface area contributed by atoms with Gasteiger partial charge in [0.15, 0.2) is 0 Å². The van der Waals surface area contributed by atoms with Gasteiger partial charge in [-0.05, 0) is 33.9 Å². The van der Waals surface area contributed by atoms with E-state index in [1.54, 1.807) is 7.11 Å². The molecular weight excluding hydrogens is 251 g/mol. The summed E-state index contributed by atoms with van der Waals surface area (Å²) in [6, 6.07) is 10.9. The van der Waals surface area contributed by atoms with Crippen LogP contribution in [0.5, 0.6) is 5.75 Å². The zero-order valence-corrected chi connectivity index (χ0v) is 13.2. The van der Waals surface area contributed by atoms with Gasteiger partial charge in [-0.2, -0.15) is 0 Å². The Morgan fingerprint density at radius 3 is 2.42 bits per heavy atom. The van der Waals surface area contributed by atoms with Gasteiger partial charge in [0.25, 0.3) is 0 Å². The molecule has 0 spiro atoms. The van der Waals surface area contributed by atoms with Crippen molar-refractivity contribution in [2.24, 2.45) is 5.41 Å². The minimum absolute atomic E-state index is 0.257. The quantitative estimate of drug-likeness (QED) is 0.670. The van der Waals surface area contributed by atoms with Crippen molar-refractivity contribution in [1.82, 2.24) is 0 Å². The van der Waals surface area contributed by atoms with E-state index in [1.807, 2.05) is 0 Å². The van der Waals surface area contributed by atoms with Crippen LogP contribution in [0, 0.1) is 5.41 Å². The summed E-state index contributed by atoms with van der Waals surface area (Å²) >= 11 is 0. The summed E-state index contributed by atoms with van der Waals surface area (Å²) in [5.74, 6) is 1.52. The summed E-state index contributed by atoms with van der Waals surface area (Å²) in [5, 5.41) is 2.65. The average Bonchev–Trinajstić information content (AvgIpc) is 2.65. The van der Waals surface area contributed by atoms with Crippen molar-refractivity contribution in [3.05, 3.63) is 41.5 Å². The first-order valence-corrected chi connectivity index (χ1v) is 7.47. The molecule has 2 aromatic rings. The van der Waals surface area contributed by atoms with Gasteiger partial charge in [0.1, 0.15) is 5.75 Å². The van der Waals surface area contributed by atoms with E-state index in [4.69, 9.17) is 4.74 Å². The monoisotopic (exact) mass is 272 g/mol. The lowest BCUT2D eigenvalue weighted by molar-refractivity contribution is 0.321. The van der Waals surface area contributed by atoms with Crippen molar-refractivity contribution in [3.8, 4) is 5.75 Å². The fraction of sp³-hybridized carbons (Fsp3) is 0.412. The summed E-state index contributed by atoms with van der Waals surface area (Å²) in [6.45, 7) is 6.99. The third-order valence-corrected chi connectivity index (χ3v) is 5.02. The van der Waals surface area contributed by atoms with Crippen molar-refractivity contribution < 1.29 is 4.74 Å². The fourth-order valence-corrected chi connectivity index (χ4v) is 4.59. The molecule has 0 aromatic heterocycles. The number of hydrogen-bond donors (Lipinski definition) is 0. The maximum absolute atomic E-state index is 5.51. The van der Waals surface area contributed by atoms with Crippen LogP contribution in [0.1, 0.15) is 43.5 Å². The molecule has 100 valence electrons. The zero-order valence-electron chi connectivity index (χ0n) is 12.0. The van der Waals surface area contributed by atoms with Gasteiger partial charge in [0, 0.05) is 11.0 Å². The lowest BCUT2D eigenvalue weighted by Gasteiger charge is -2.32. The van der Waals surface area contributed by atoms with E-state index in [0.717, 1.165) is 5.75 Å². The third kappa shape index (κ3) is 1.79. The topological polar surface area (TPSA) is 9.23 Å². The molecule has 0 saturated heterocycles. The standard InChI is InChI=1S/C17H21OP/c1-17(2,3)15-11-8-9-13(18-4)10-6-5-7-12(14(10)11)16(15)19/h5-9,15-16H,19H2,1-4H3. The second kappa shape index (κ2) is 4.21. The molecule has 1 aliphatic carbocycles. The number of ether oxygens (including phenoxy) is 1. The van der Waals surface area contributed by atoms with Crippen LogP contribution < -0.4 is 4.74 Å². The molecule has 2 aromatic carbocycles.